The van der Waals surface area contributed by atoms with Crippen molar-refractivity contribution in [2.75, 3.05) is 12.4 Å². The molecule has 1 unspecified atom stereocenters. The standard InChI is InChI=1S/C13H17N3O4/c1-9(16-19-3)8-14-20-10(2)11-6-4-5-7-12(11)15-13(17)18/h4-8,10,15H,1-3H3,(H,17,18). The summed E-state index contributed by atoms with van der Waals surface area (Å²) in [4.78, 5) is 20.5. The van der Waals surface area contributed by atoms with Crippen molar-refractivity contribution in [3.63, 3.8) is 0 Å². The van der Waals surface area contributed by atoms with Crippen molar-refractivity contribution in [2.24, 2.45) is 10.3 Å². The summed E-state index contributed by atoms with van der Waals surface area (Å²) < 4.78 is 0. The minimum atomic E-state index is -1.13. The molecule has 1 aromatic carbocycles. The molecule has 0 aliphatic heterocycles. The van der Waals surface area contributed by atoms with Crippen LogP contribution in [0.3, 0.4) is 0 Å². The highest BCUT2D eigenvalue weighted by Gasteiger charge is 2.12. The van der Waals surface area contributed by atoms with Crippen LogP contribution < -0.4 is 5.32 Å². The van der Waals surface area contributed by atoms with Gasteiger partial charge in [-0.1, -0.05) is 28.5 Å². The molecule has 0 spiro atoms. The molecule has 1 aromatic rings. The molecular formula is C13H17N3O4. The first-order chi connectivity index (χ1) is 9.54. The molecule has 0 aliphatic carbocycles. The van der Waals surface area contributed by atoms with E-state index < -0.39 is 12.2 Å². The lowest BCUT2D eigenvalue weighted by Gasteiger charge is -2.14. The van der Waals surface area contributed by atoms with E-state index in [1.54, 1.807) is 38.1 Å². The molecule has 2 N–H and O–H groups in total. The zero-order chi connectivity index (χ0) is 15.0. The fourth-order valence-corrected chi connectivity index (χ4v) is 1.50. The average Bonchev–Trinajstić information content (AvgIpc) is 2.38. The predicted octanol–water partition coefficient (Wildman–Crippen LogP) is 2.86. The lowest BCUT2D eigenvalue weighted by molar-refractivity contribution is 0.0743. The molecule has 1 amide bonds. The SMILES string of the molecule is CON=C(C)C=NOC(C)c1ccccc1NC(=O)O. The Morgan fingerprint density at radius 1 is 1.45 bits per heavy atom. The van der Waals surface area contributed by atoms with E-state index in [9.17, 15) is 4.79 Å². The number of hydrogen-bond donors (Lipinski definition) is 2. The Bertz CT molecular complexity index is 514. The van der Waals surface area contributed by atoms with E-state index in [1.807, 2.05) is 0 Å². The summed E-state index contributed by atoms with van der Waals surface area (Å²) in [5, 5.41) is 18.5. The number of benzene rings is 1. The number of carbonyl (C=O) groups is 1. The van der Waals surface area contributed by atoms with Gasteiger partial charge in [0.25, 0.3) is 0 Å². The van der Waals surface area contributed by atoms with E-state index in [2.05, 4.69) is 20.5 Å². The van der Waals surface area contributed by atoms with Crippen molar-refractivity contribution >= 4 is 23.7 Å². The van der Waals surface area contributed by atoms with E-state index >= 15 is 0 Å². The van der Waals surface area contributed by atoms with Crippen molar-refractivity contribution in [1.82, 2.24) is 0 Å². The van der Waals surface area contributed by atoms with Crippen molar-refractivity contribution < 1.29 is 19.6 Å². The Hall–Kier alpha value is -2.57. The van der Waals surface area contributed by atoms with E-state index in [1.165, 1.54) is 13.3 Å². The van der Waals surface area contributed by atoms with Gasteiger partial charge in [0, 0.05) is 5.56 Å². The van der Waals surface area contributed by atoms with Crippen LogP contribution in [0, 0.1) is 0 Å². The van der Waals surface area contributed by atoms with Gasteiger partial charge in [-0.05, 0) is 19.9 Å². The number of amides is 1. The molecule has 0 bridgehead atoms. The first-order valence-corrected chi connectivity index (χ1v) is 5.90. The van der Waals surface area contributed by atoms with E-state index in [4.69, 9.17) is 9.94 Å². The van der Waals surface area contributed by atoms with Gasteiger partial charge in [-0.3, -0.25) is 5.32 Å². The maximum absolute atomic E-state index is 10.7. The quantitative estimate of drug-likeness (QED) is 0.618. The van der Waals surface area contributed by atoms with Crippen molar-refractivity contribution in [1.29, 1.82) is 0 Å². The second-order valence-electron chi connectivity index (χ2n) is 3.91. The Morgan fingerprint density at radius 2 is 2.15 bits per heavy atom. The first-order valence-electron chi connectivity index (χ1n) is 5.90. The molecule has 0 aliphatic rings. The maximum Gasteiger partial charge on any atom is 0.409 e. The summed E-state index contributed by atoms with van der Waals surface area (Å²) in [6.07, 6.45) is -0.131. The Labute approximate surface area is 116 Å². The van der Waals surface area contributed by atoms with Crippen LogP contribution in [-0.2, 0) is 9.68 Å². The highest BCUT2D eigenvalue weighted by molar-refractivity contribution is 6.29. The van der Waals surface area contributed by atoms with Crippen LogP contribution in [-0.4, -0.2) is 30.2 Å². The molecule has 1 atom stereocenters. The molecule has 0 radical (unpaired) electrons. The fourth-order valence-electron chi connectivity index (χ4n) is 1.50. The average molecular weight is 279 g/mol. The fraction of sp³-hybridized carbons (Fsp3) is 0.308. The molecule has 7 nitrogen and oxygen atoms in total. The van der Waals surface area contributed by atoms with Gasteiger partial charge in [0.1, 0.15) is 7.11 Å². The van der Waals surface area contributed by atoms with E-state index in [0.29, 0.717) is 17.0 Å². The summed E-state index contributed by atoms with van der Waals surface area (Å²) >= 11 is 0. The summed E-state index contributed by atoms with van der Waals surface area (Å²) in [5.74, 6) is 0. The van der Waals surface area contributed by atoms with Crippen molar-refractivity contribution in [2.45, 2.75) is 20.0 Å². The van der Waals surface area contributed by atoms with Gasteiger partial charge in [0.05, 0.1) is 17.6 Å². The zero-order valence-corrected chi connectivity index (χ0v) is 11.5. The molecule has 0 saturated carbocycles. The smallest absolute Gasteiger partial charge is 0.409 e. The first kappa shape index (κ1) is 15.5. The molecule has 0 saturated heterocycles. The Balaban J connectivity index is 2.75. The molecule has 1 rings (SSSR count). The number of rotatable bonds is 6. The monoisotopic (exact) mass is 279 g/mol. The molecule has 0 fully saturated rings. The third-order valence-electron chi connectivity index (χ3n) is 2.33. The third-order valence-corrected chi connectivity index (χ3v) is 2.33. The Morgan fingerprint density at radius 3 is 2.80 bits per heavy atom. The number of nitrogens with zero attached hydrogens (tertiary/aromatic N) is 2. The van der Waals surface area contributed by atoms with Crippen LogP contribution in [0.2, 0.25) is 0 Å². The van der Waals surface area contributed by atoms with Crippen LogP contribution in [0.15, 0.2) is 34.6 Å². The van der Waals surface area contributed by atoms with Crippen molar-refractivity contribution in [3.05, 3.63) is 29.8 Å². The Kier molecular flexibility index (Phi) is 6.02. The van der Waals surface area contributed by atoms with Gasteiger partial charge in [-0.15, -0.1) is 0 Å². The summed E-state index contributed by atoms with van der Waals surface area (Å²) in [6, 6.07) is 6.95. The molecule has 0 aromatic heterocycles. The highest BCUT2D eigenvalue weighted by Crippen LogP contribution is 2.25. The van der Waals surface area contributed by atoms with Gasteiger partial charge in [-0.25, -0.2) is 4.79 Å². The summed E-state index contributed by atoms with van der Waals surface area (Å²) in [6.45, 7) is 3.48. The number of anilines is 1. The van der Waals surface area contributed by atoms with Crippen LogP contribution in [0.5, 0.6) is 0 Å². The summed E-state index contributed by atoms with van der Waals surface area (Å²) in [7, 11) is 1.44. The van der Waals surface area contributed by atoms with Gasteiger partial charge >= 0.3 is 6.09 Å². The molecule has 7 heteroatoms. The van der Waals surface area contributed by atoms with E-state index in [-0.39, 0.29) is 0 Å². The molecular weight excluding hydrogens is 262 g/mol. The minimum Gasteiger partial charge on any atom is -0.465 e. The van der Waals surface area contributed by atoms with Gasteiger partial charge < -0.3 is 14.8 Å². The van der Waals surface area contributed by atoms with Gasteiger partial charge in [0.2, 0.25) is 0 Å². The molecule has 20 heavy (non-hydrogen) atoms. The number of hydrogen-bond acceptors (Lipinski definition) is 5. The predicted molar refractivity (Wildman–Crippen MR) is 76.2 cm³/mol. The normalized spacial score (nSPS) is 13.1. The maximum atomic E-state index is 10.7. The summed E-state index contributed by atoms with van der Waals surface area (Å²) in [5.41, 5.74) is 1.70. The molecule has 0 heterocycles. The lowest BCUT2D eigenvalue weighted by atomic mass is 10.1. The third kappa shape index (κ3) is 4.97. The highest BCUT2D eigenvalue weighted by atomic mass is 16.6. The van der Waals surface area contributed by atoms with Gasteiger partial charge in [-0.2, -0.15) is 0 Å². The van der Waals surface area contributed by atoms with Crippen LogP contribution in [0.4, 0.5) is 10.5 Å². The second-order valence-corrected chi connectivity index (χ2v) is 3.91. The van der Waals surface area contributed by atoms with Crippen LogP contribution in [0.1, 0.15) is 25.5 Å². The number of oxime groups is 2. The van der Waals surface area contributed by atoms with E-state index in [0.717, 1.165) is 0 Å². The minimum absolute atomic E-state index is 0.412. The largest absolute Gasteiger partial charge is 0.465 e. The lowest BCUT2D eigenvalue weighted by Crippen LogP contribution is -2.10. The van der Waals surface area contributed by atoms with Gasteiger partial charge in [0.15, 0.2) is 6.10 Å². The zero-order valence-electron chi connectivity index (χ0n) is 11.5. The number of para-hydroxylation sites is 1. The second kappa shape index (κ2) is 7.78. The topological polar surface area (TPSA) is 92.5 Å². The van der Waals surface area contributed by atoms with Crippen LogP contribution >= 0.6 is 0 Å². The number of nitrogens with one attached hydrogen (secondary N) is 1. The molecule has 108 valence electrons. The van der Waals surface area contributed by atoms with Crippen LogP contribution in [0.25, 0.3) is 0 Å². The number of carboxylic acid groups (broad SMARTS) is 1. The van der Waals surface area contributed by atoms with Crippen molar-refractivity contribution in [3.8, 4) is 0 Å².